The molecule has 1 aliphatic heterocycles. The van der Waals surface area contributed by atoms with E-state index >= 15 is 0 Å². The summed E-state index contributed by atoms with van der Waals surface area (Å²) in [7, 11) is 0. The van der Waals surface area contributed by atoms with E-state index in [1.54, 1.807) is 18.2 Å². The van der Waals surface area contributed by atoms with Crippen molar-refractivity contribution in [3.63, 3.8) is 0 Å². The van der Waals surface area contributed by atoms with Crippen molar-refractivity contribution in [3.05, 3.63) is 28.2 Å². The quantitative estimate of drug-likeness (QED) is 0.544. The number of hydrogen-bond acceptors (Lipinski definition) is 5. The van der Waals surface area contributed by atoms with Crippen molar-refractivity contribution >= 4 is 35.0 Å². The van der Waals surface area contributed by atoms with E-state index in [1.165, 1.54) is 0 Å². The maximum Gasteiger partial charge on any atom is 0.258 e. The number of hydrogen-bond donors (Lipinski definition) is 3. The lowest BCUT2D eigenvalue weighted by atomic mass is 9.60. The van der Waals surface area contributed by atoms with Crippen molar-refractivity contribution in [2.45, 2.75) is 50.3 Å². The molecule has 9 heteroatoms. The summed E-state index contributed by atoms with van der Waals surface area (Å²) in [4.78, 5) is 24.8. The molecule has 4 fully saturated rings. The topological polar surface area (TPSA) is 88.7 Å². The fraction of sp³-hybridized carbons (Fsp3) is 0.636. The molecule has 3 atom stereocenters. The minimum absolute atomic E-state index is 0.0451. The standard InChI is InChI=1S/C22H29Cl2N3O4/c23-17-4-3-15(8-18(17)24)30-11-21(28)26-19-9-20(14-6-13(19)7-14)27-22(29)12-31-16-2-1-5-25-10-16/h3-4,8,13-14,16,19-20,25H,1-2,5-7,9-12H2,(H,26,28)(H,27,29)/t13?,14?,16?,19-,20?/m1/s1. The van der Waals surface area contributed by atoms with Gasteiger partial charge in [-0.05, 0) is 62.6 Å². The molecule has 170 valence electrons. The van der Waals surface area contributed by atoms with E-state index in [-0.39, 0.29) is 43.2 Å². The Hall–Kier alpha value is -1.54. The van der Waals surface area contributed by atoms with Gasteiger partial charge in [0.2, 0.25) is 5.91 Å². The second-order valence-corrected chi connectivity index (χ2v) is 9.53. The van der Waals surface area contributed by atoms with Crippen LogP contribution < -0.4 is 20.7 Å². The Morgan fingerprint density at radius 3 is 2.35 bits per heavy atom. The van der Waals surface area contributed by atoms with Gasteiger partial charge in [0, 0.05) is 24.7 Å². The zero-order valence-corrected chi connectivity index (χ0v) is 18.9. The minimum Gasteiger partial charge on any atom is -0.484 e. The van der Waals surface area contributed by atoms with Crippen LogP contribution in [0, 0.1) is 11.8 Å². The van der Waals surface area contributed by atoms with Gasteiger partial charge in [0.15, 0.2) is 6.61 Å². The van der Waals surface area contributed by atoms with Crippen LogP contribution >= 0.6 is 23.2 Å². The maximum atomic E-state index is 12.4. The van der Waals surface area contributed by atoms with Crippen molar-refractivity contribution in [2.24, 2.45) is 11.8 Å². The zero-order chi connectivity index (χ0) is 21.8. The number of carbonyl (C=O) groups excluding carboxylic acids is 2. The van der Waals surface area contributed by atoms with E-state index in [2.05, 4.69) is 16.0 Å². The van der Waals surface area contributed by atoms with Crippen LogP contribution in [0.2, 0.25) is 10.0 Å². The monoisotopic (exact) mass is 469 g/mol. The summed E-state index contributed by atoms with van der Waals surface area (Å²) in [5.74, 6) is 1.20. The van der Waals surface area contributed by atoms with Crippen LogP contribution in [-0.4, -0.2) is 56.3 Å². The Morgan fingerprint density at radius 2 is 1.71 bits per heavy atom. The molecular formula is C22H29Cl2N3O4. The summed E-state index contributed by atoms with van der Waals surface area (Å²) in [5, 5.41) is 10.3. The van der Waals surface area contributed by atoms with Gasteiger partial charge in [-0.3, -0.25) is 9.59 Å². The highest BCUT2D eigenvalue weighted by molar-refractivity contribution is 6.42. The molecule has 2 bridgehead atoms. The molecule has 31 heavy (non-hydrogen) atoms. The van der Waals surface area contributed by atoms with E-state index in [0.717, 1.165) is 45.2 Å². The number of benzene rings is 1. The fourth-order valence-electron chi connectivity index (χ4n) is 4.75. The van der Waals surface area contributed by atoms with Crippen LogP contribution in [0.4, 0.5) is 0 Å². The van der Waals surface area contributed by atoms with Crippen LogP contribution in [0.1, 0.15) is 32.1 Å². The molecule has 3 aliphatic carbocycles. The summed E-state index contributed by atoms with van der Waals surface area (Å²) < 4.78 is 11.3. The Labute approximate surface area is 192 Å². The normalized spacial score (nSPS) is 29.5. The molecule has 7 nitrogen and oxygen atoms in total. The maximum absolute atomic E-state index is 12.4. The third-order valence-corrected chi connectivity index (χ3v) is 7.25. The fourth-order valence-corrected chi connectivity index (χ4v) is 5.03. The van der Waals surface area contributed by atoms with Gasteiger partial charge in [0.25, 0.3) is 5.91 Å². The second-order valence-electron chi connectivity index (χ2n) is 8.72. The van der Waals surface area contributed by atoms with Crippen LogP contribution in [0.5, 0.6) is 5.75 Å². The van der Waals surface area contributed by atoms with Crippen molar-refractivity contribution in [2.75, 3.05) is 26.3 Å². The Balaban J connectivity index is 1.20. The smallest absolute Gasteiger partial charge is 0.258 e. The number of nitrogens with one attached hydrogen (secondary N) is 3. The lowest BCUT2D eigenvalue weighted by Gasteiger charge is -2.51. The molecule has 1 aromatic carbocycles. The highest BCUT2D eigenvalue weighted by atomic mass is 35.5. The molecule has 1 heterocycles. The summed E-state index contributed by atoms with van der Waals surface area (Å²) in [5.41, 5.74) is 0. The molecular weight excluding hydrogens is 441 g/mol. The van der Waals surface area contributed by atoms with E-state index in [9.17, 15) is 9.59 Å². The summed E-state index contributed by atoms with van der Waals surface area (Å²) in [6, 6.07) is 5.02. The predicted octanol–water partition coefficient (Wildman–Crippen LogP) is 2.54. The van der Waals surface area contributed by atoms with Gasteiger partial charge in [0.05, 0.1) is 16.1 Å². The number of piperidine rings is 1. The Morgan fingerprint density at radius 1 is 1.00 bits per heavy atom. The molecule has 5 rings (SSSR count). The molecule has 3 N–H and O–H groups in total. The molecule has 3 saturated carbocycles. The average Bonchev–Trinajstić information content (AvgIpc) is 2.73. The SMILES string of the molecule is O=C(COC1CCCNC1)NC1C[C@@H](NC(=O)COc2ccc(Cl)c(Cl)c2)C2CC1C2. The first kappa shape index (κ1) is 22.6. The van der Waals surface area contributed by atoms with Gasteiger partial charge in [-0.1, -0.05) is 23.2 Å². The molecule has 1 saturated heterocycles. The molecule has 0 radical (unpaired) electrons. The van der Waals surface area contributed by atoms with Gasteiger partial charge < -0.3 is 25.4 Å². The third-order valence-electron chi connectivity index (χ3n) is 6.51. The zero-order valence-electron chi connectivity index (χ0n) is 17.4. The van der Waals surface area contributed by atoms with Gasteiger partial charge in [-0.15, -0.1) is 0 Å². The van der Waals surface area contributed by atoms with Crippen molar-refractivity contribution in [1.29, 1.82) is 0 Å². The minimum atomic E-state index is -0.181. The van der Waals surface area contributed by atoms with E-state index in [1.807, 2.05) is 0 Å². The molecule has 0 spiro atoms. The van der Waals surface area contributed by atoms with E-state index < -0.39 is 0 Å². The van der Waals surface area contributed by atoms with E-state index in [0.29, 0.717) is 27.6 Å². The lowest BCUT2D eigenvalue weighted by molar-refractivity contribution is -0.131. The van der Waals surface area contributed by atoms with Crippen LogP contribution in [0.15, 0.2) is 18.2 Å². The van der Waals surface area contributed by atoms with Gasteiger partial charge in [-0.2, -0.15) is 0 Å². The molecule has 2 unspecified atom stereocenters. The first-order valence-corrected chi connectivity index (χ1v) is 11.7. The number of fused-ring (bicyclic) bond motifs is 2. The number of ether oxygens (including phenoxy) is 2. The molecule has 4 aliphatic rings. The van der Waals surface area contributed by atoms with E-state index in [4.69, 9.17) is 32.7 Å². The largest absolute Gasteiger partial charge is 0.484 e. The van der Waals surface area contributed by atoms with Gasteiger partial charge >= 0.3 is 0 Å². The highest BCUT2D eigenvalue weighted by Gasteiger charge is 2.46. The second kappa shape index (κ2) is 10.4. The summed E-state index contributed by atoms with van der Waals surface area (Å²) in [6.45, 7) is 1.82. The van der Waals surface area contributed by atoms with Crippen LogP contribution in [-0.2, 0) is 14.3 Å². The summed E-state index contributed by atoms with van der Waals surface area (Å²) in [6.07, 6.45) is 4.97. The molecule has 0 aromatic heterocycles. The number of rotatable bonds is 8. The predicted molar refractivity (Wildman–Crippen MR) is 118 cm³/mol. The number of amides is 2. The number of carbonyl (C=O) groups is 2. The molecule has 2 amide bonds. The van der Waals surface area contributed by atoms with Gasteiger partial charge in [-0.25, -0.2) is 0 Å². The first-order valence-electron chi connectivity index (χ1n) is 11.0. The summed E-state index contributed by atoms with van der Waals surface area (Å²) >= 11 is 11.9. The van der Waals surface area contributed by atoms with Crippen LogP contribution in [0.25, 0.3) is 0 Å². The third kappa shape index (κ3) is 6.04. The average molecular weight is 470 g/mol. The lowest BCUT2D eigenvalue weighted by Crippen LogP contribution is -2.60. The van der Waals surface area contributed by atoms with Crippen molar-refractivity contribution in [1.82, 2.24) is 16.0 Å². The Bertz CT molecular complexity index is 797. The Kier molecular flexibility index (Phi) is 7.59. The first-order chi connectivity index (χ1) is 15.0. The van der Waals surface area contributed by atoms with Gasteiger partial charge in [0.1, 0.15) is 12.4 Å². The van der Waals surface area contributed by atoms with Crippen molar-refractivity contribution < 1.29 is 19.1 Å². The van der Waals surface area contributed by atoms with Crippen LogP contribution in [0.3, 0.4) is 0 Å². The van der Waals surface area contributed by atoms with Crippen molar-refractivity contribution in [3.8, 4) is 5.75 Å². The molecule has 1 aromatic rings. The highest BCUT2D eigenvalue weighted by Crippen LogP contribution is 2.45. The number of halogens is 2.